The third-order valence-electron chi connectivity index (χ3n) is 2.13. The number of alkyl halides is 3. The summed E-state index contributed by atoms with van der Waals surface area (Å²) in [6.45, 7) is 8.17. The van der Waals surface area contributed by atoms with Gasteiger partial charge in [-0.05, 0) is 57.2 Å². The molecule has 0 spiro atoms. The van der Waals surface area contributed by atoms with E-state index in [0.29, 0.717) is 0 Å². The lowest BCUT2D eigenvalue weighted by molar-refractivity contribution is -0.0328. The van der Waals surface area contributed by atoms with E-state index in [2.05, 4.69) is 25.5 Å². The van der Waals surface area contributed by atoms with Crippen molar-refractivity contribution >= 4 is 23.7 Å². The molecule has 108 valence electrons. The van der Waals surface area contributed by atoms with Gasteiger partial charge in [-0.15, -0.1) is 0 Å². The third-order valence-corrected chi connectivity index (χ3v) is 3.94. The van der Waals surface area contributed by atoms with E-state index in [1.54, 1.807) is 24.1 Å². The first kappa shape index (κ1) is 16.7. The molecular weight excluding hydrogens is 291 g/mol. The molecule has 19 heavy (non-hydrogen) atoms. The summed E-state index contributed by atoms with van der Waals surface area (Å²) in [4.78, 5) is 0.222. The Morgan fingerprint density at radius 1 is 1.16 bits per heavy atom. The third kappa shape index (κ3) is 7.13. The normalized spacial score (nSPS) is 14.5. The minimum atomic E-state index is -4.24. The van der Waals surface area contributed by atoms with Gasteiger partial charge in [-0.2, -0.15) is 13.2 Å². The van der Waals surface area contributed by atoms with E-state index >= 15 is 0 Å². The summed E-state index contributed by atoms with van der Waals surface area (Å²) in [5.41, 5.74) is -3.39. The van der Waals surface area contributed by atoms with Crippen molar-refractivity contribution in [3.8, 4) is 0 Å². The molecule has 0 amide bonds. The summed E-state index contributed by atoms with van der Waals surface area (Å²) >= 11 is 1.50. The van der Waals surface area contributed by atoms with Crippen LogP contribution >= 0.6 is 23.7 Å². The highest BCUT2D eigenvalue weighted by atomic mass is 32.2. The zero-order chi connectivity index (χ0) is 14.7. The highest BCUT2D eigenvalue weighted by Gasteiger charge is 2.29. The molecule has 1 N–H and O–H groups in total. The number of hydrogen-bond donors (Lipinski definition) is 1. The molecule has 1 rings (SSSR count). The van der Waals surface area contributed by atoms with E-state index < -0.39 is 5.51 Å². The average molecular weight is 309 g/mol. The van der Waals surface area contributed by atoms with Crippen LogP contribution in [0.3, 0.4) is 0 Å². The Kier molecular flexibility index (Phi) is 5.65. The van der Waals surface area contributed by atoms with Crippen LogP contribution in [0.25, 0.3) is 0 Å². The Hall–Kier alpha value is -0.330. The van der Waals surface area contributed by atoms with Gasteiger partial charge in [-0.3, -0.25) is 4.72 Å². The lowest BCUT2D eigenvalue weighted by Crippen LogP contribution is -2.19. The van der Waals surface area contributed by atoms with Crippen LogP contribution in [0.5, 0.6) is 0 Å². The molecular formula is C13H18F3NS2. The van der Waals surface area contributed by atoms with Gasteiger partial charge in [0.2, 0.25) is 0 Å². The Bertz CT molecular complexity index is 413. The zero-order valence-corrected chi connectivity index (χ0v) is 13.0. The van der Waals surface area contributed by atoms with Gasteiger partial charge in [-0.1, -0.05) is 24.1 Å². The van der Waals surface area contributed by atoms with Gasteiger partial charge in [0.1, 0.15) is 0 Å². The second-order valence-electron chi connectivity index (χ2n) is 5.17. The summed E-state index contributed by atoms with van der Waals surface area (Å²) in [7, 11) is 0. The predicted molar refractivity (Wildman–Crippen MR) is 77.2 cm³/mol. The van der Waals surface area contributed by atoms with Crippen molar-refractivity contribution in [2.45, 2.75) is 48.9 Å². The minimum Gasteiger partial charge on any atom is -0.256 e. The van der Waals surface area contributed by atoms with Gasteiger partial charge in [0, 0.05) is 15.7 Å². The molecule has 0 fully saturated rings. The van der Waals surface area contributed by atoms with Crippen LogP contribution in [-0.4, -0.2) is 10.3 Å². The van der Waals surface area contributed by atoms with Gasteiger partial charge in [-0.25, -0.2) is 0 Å². The molecule has 0 aromatic heterocycles. The van der Waals surface area contributed by atoms with Crippen LogP contribution in [0.4, 0.5) is 13.2 Å². The van der Waals surface area contributed by atoms with Crippen molar-refractivity contribution in [2.24, 2.45) is 0 Å². The van der Waals surface area contributed by atoms with Crippen LogP contribution in [0.2, 0.25) is 0 Å². The first-order valence-corrected chi connectivity index (χ1v) is 7.49. The smallest absolute Gasteiger partial charge is 0.256 e. The highest BCUT2D eigenvalue weighted by molar-refractivity contribution is 8.00. The van der Waals surface area contributed by atoms with Crippen molar-refractivity contribution in [1.29, 1.82) is 0 Å². The van der Waals surface area contributed by atoms with E-state index in [0.717, 1.165) is 5.56 Å². The van der Waals surface area contributed by atoms with Crippen LogP contribution in [0.1, 0.15) is 39.3 Å². The van der Waals surface area contributed by atoms with Crippen molar-refractivity contribution in [1.82, 2.24) is 4.72 Å². The Morgan fingerprint density at radius 2 is 1.79 bits per heavy atom. The Labute approximate surface area is 120 Å². The molecule has 1 nitrogen and oxygen atoms in total. The largest absolute Gasteiger partial charge is 0.446 e. The maximum Gasteiger partial charge on any atom is 0.446 e. The number of nitrogens with one attached hydrogen (secondary N) is 1. The van der Waals surface area contributed by atoms with Crippen LogP contribution in [-0.2, 0) is 0 Å². The fourth-order valence-corrected chi connectivity index (χ4v) is 2.59. The molecule has 0 saturated heterocycles. The number of rotatable bonds is 4. The summed E-state index contributed by atoms with van der Waals surface area (Å²) in [6.07, 6.45) is 0. The first-order chi connectivity index (χ1) is 8.57. The molecule has 0 aliphatic heterocycles. The SMILES string of the molecule is CC(NSC(C)(C)C)c1cccc(SC(F)(F)F)c1. The molecule has 1 aromatic rings. The van der Waals surface area contributed by atoms with Gasteiger partial charge in [0.05, 0.1) is 0 Å². The lowest BCUT2D eigenvalue weighted by atomic mass is 10.1. The maximum absolute atomic E-state index is 12.3. The molecule has 0 radical (unpaired) electrons. The number of halogens is 3. The molecule has 6 heteroatoms. The summed E-state index contributed by atoms with van der Waals surface area (Å²) < 4.78 is 40.3. The van der Waals surface area contributed by atoms with Crippen molar-refractivity contribution in [3.63, 3.8) is 0 Å². The quantitative estimate of drug-likeness (QED) is 0.591. The lowest BCUT2D eigenvalue weighted by Gasteiger charge is -2.22. The van der Waals surface area contributed by atoms with Crippen molar-refractivity contribution in [2.75, 3.05) is 0 Å². The predicted octanol–water partition coefficient (Wildman–Crippen LogP) is 5.40. The van der Waals surface area contributed by atoms with E-state index in [9.17, 15) is 13.2 Å². The summed E-state index contributed by atoms with van der Waals surface area (Å²) in [6, 6.07) is 6.55. The summed E-state index contributed by atoms with van der Waals surface area (Å²) in [5, 5.41) is 0. The second kappa shape index (κ2) is 6.41. The fraction of sp³-hybridized carbons (Fsp3) is 0.538. The minimum absolute atomic E-state index is 0.00184. The Balaban J connectivity index is 2.70. The molecule has 0 heterocycles. The van der Waals surface area contributed by atoms with Gasteiger partial charge < -0.3 is 0 Å². The van der Waals surface area contributed by atoms with E-state index in [-0.39, 0.29) is 27.4 Å². The van der Waals surface area contributed by atoms with Gasteiger partial charge in [0.25, 0.3) is 0 Å². The molecule has 1 aromatic carbocycles. The number of thioether (sulfide) groups is 1. The maximum atomic E-state index is 12.3. The fourth-order valence-electron chi connectivity index (χ4n) is 1.31. The molecule has 0 aliphatic carbocycles. The molecule has 1 atom stereocenters. The molecule has 1 unspecified atom stereocenters. The van der Waals surface area contributed by atoms with Gasteiger partial charge >= 0.3 is 5.51 Å². The number of hydrogen-bond acceptors (Lipinski definition) is 3. The zero-order valence-electron chi connectivity index (χ0n) is 11.3. The van der Waals surface area contributed by atoms with Crippen LogP contribution in [0, 0.1) is 0 Å². The monoisotopic (exact) mass is 309 g/mol. The van der Waals surface area contributed by atoms with E-state index in [1.165, 1.54) is 6.07 Å². The van der Waals surface area contributed by atoms with E-state index in [1.807, 2.05) is 13.0 Å². The van der Waals surface area contributed by atoms with Crippen molar-refractivity contribution in [3.05, 3.63) is 29.8 Å². The topological polar surface area (TPSA) is 12.0 Å². The van der Waals surface area contributed by atoms with E-state index in [4.69, 9.17) is 0 Å². The van der Waals surface area contributed by atoms with Crippen LogP contribution in [0.15, 0.2) is 29.2 Å². The average Bonchev–Trinajstić information content (AvgIpc) is 2.23. The molecule has 0 bridgehead atoms. The van der Waals surface area contributed by atoms with Crippen LogP contribution < -0.4 is 4.72 Å². The first-order valence-electron chi connectivity index (χ1n) is 5.86. The molecule has 0 aliphatic rings. The standard InChI is InChI=1S/C13H18F3NS2/c1-9(17-19-12(2,3)4)10-6-5-7-11(8-10)18-13(14,15)16/h5-9,17H,1-4H3. The highest BCUT2D eigenvalue weighted by Crippen LogP contribution is 2.37. The summed E-state index contributed by atoms with van der Waals surface area (Å²) in [5.74, 6) is 0. The molecule has 0 saturated carbocycles. The number of benzene rings is 1. The Morgan fingerprint density at radius 3 is 2.32 bits per heavy atom. The second-order valence-corrected chi connectivity index (χ2v) is 7.98. The van der Waals surface area contributed by atoms with Crippen molar-refractivity contribution < 1.29 is 13.2 Å². The van der Waals surface area contributed by atoms with Gasteiger partial charge in [0.15, 0.2) is 0 Å².